The first-order chi connectivity index (χ1) is 5.36. The molecule has 12 heavy (non-hydrogen) atoms. The fraction of sp³-hybridized carbons (Fsp3) is 0.333. The predicted octanol–water partition coefficient (Wildman–Crippen LogP) is 1.34. The summed E-state index contributed by atoms with van der Waals surface area (Å²) in [5.74, 6) is 0. The Hall–Kier alpha value is -0.730. The van der Waals surface area contributed by atoms with Gasteiger partial charge in [-0.3, -0.25) is 0 Å². The van der Waals surface area contributed by atoms with E-state index in [1.165, 1.54) is 11.1 Å². The molecule has 0 saturated heterocycles. The third-order valence-electron chi connectivity index (χ3n) is 2.12. The third-order valence-corrected chi connectivity index (χ3v) is 2.12. The van der Waals surface area contributed by atoms with E-state index >= 15 is 0 Å². The lowest BCUT2D eigenvalue weighted by molar-refractivity contribution is 0.644. The number of hydrogen-bond donors (Lipinski definition) is 2. The molecule has 0 bridgehead atoms. The van der Waals surface area contributed by atoms with Crippen LogP contribution in [0.25, 0.3) is 0 Å². The molecule has 1 aliphatic rings. The fourth-order valence-electron chi connectivity index (χ4n) is 1.50. The Bertz CT molecular complexity index is 273. The molecule has 0 unspecified atom stereocenters. The van der Waals surface area contributed by atoms with E-state index in [4.69, 9.17) is 5.73 Å². The van der Waals surface area contributed by atoms with Gasteiger partial charge in [-0.25, -0.2) is 0 Å². The average Bonchev–Trinajstić information content (AvgIpc) is 2.04. The van der Waals surface area contributed by atoms with E-state index in [1.54, 1.807) is 0 Å². The highest BCUT2D eigenvalue weighted by molar-refractivity contribution is 5.85. The molecular weight excluding hydrogens is 172 g/mol. The molecule has 0 aromatic heterocycles. The van der Waals surface area contributed by atoms with Crippen molar-refractivity contribution in [3.63, 3.8) is 0 Å². The number of nitrogens with two attached hydrogens (primary N) is 1. The van der Waals surface area contributed by atoms with Crippen molar-refractivity contribution in [2.24, 2.45) is 0 Å². The number of halogens is 1. The molecule has 0 saturated carbocycles. The Morgan fingerprint density at radius 3 is 2.92 bits per heavy atom. The molecule has 1 aliphatic heterocycles. The first-order valence-electron chi connectivity index (χ1n) is 3.94. The number of rotatable bonds is 0. The van der Waals surface area contributed by atoms with Gasteiger partial charge in [0.25, 0.3) is 0 Å². The Morgan fingerprint density at radius 1 is 1.25 bits per heavy atom. The maximum atomic E-state index is 5.65. The summed E-state index contributed by atoms with van der Waals surface area (Å²) in [4.78, 5) is 0. The van der Waals surface area contributed by atoms with E-state index < -0.39 is 0 Å². The van der Waals surface area contributed by atoms with Crippen molar-refractivity contribution in [3.05, 3.63) is 29.3 Å². The molecule has 0 aliphatic carbocycles. The van der Waals surface area contributed by atoms with Crippen molar-refractivity contribution in [2.45, 2.75) is 13.0 Å². The minimum Gasteiger partial charge on any atom is -0.399 e. The second kappa shape index (κ2) is 3.78. The van der Waals surface area contributed by atoms with Crippen molar-refractivity contribution in [1.82, 2.24) is 5.32 Å². The number of nitrogen functional groups attached to an aromatic ring is 1. The Labute approximate surface area is 78.6 Å². The van der Waals surface area contributed by atoms with E-state index in [2.05, 4.69) is 17.4 Å². The summed E-state index contributed by atoms with van der Waals surface area (Å²) in [6, 6.07) is 6.16. The molecule has 2 nitrogen and oxygen atoms in total. The van der Waals surface area contributed by atoms with Gasteiger partial charge in [-0.1, -0.05) is 6.07 Å². The van der Waals surface area contributed by atoms with E-state index in [0.717, 1.165) is 25.2 Å². The largest absolute Gasteiger partial charge is 0.399 e. The summed E-state index contributed by atoms with van der Waals surface area (Å²) in [5, 5.41) is 3.31. The minimum absolute atomic E-state index is 0. The smallest absolute Gasteiger partial charge is 0.0317 e. The lowest BCUT2D eigenvalue weighted by Gasteiger charge is -2.16. The predicted molar refractivity (Wildman–Crippen MR) is 53.5 cm³/mol. The molecule has 3 N–H and O–H groups in total. The molecule has 0 amide bonds. The molecular formula is C9H13ClN2. The standard InChI is InChI=1S/C9H12N2.ClH/c10-9-2-1-7-3-4-11-6-8(7)5-9;/h1-2,5,11H,3-4,6,10H2;1H. The molecule has 2 rings (SSSR count). The van der Waals surface area contributed by atoms with E-state index in [9.17, 15) is 0 Å². The van der Waals surface area contributed by atoms with Crippen molar-refractivity contribution < 1.29 is 0 Å². The normalized spacial score (nSPS) is 14.7. The number of benzene rings is 1. The second-order valence-electron chi connectivity index (χ2n) is 2.95. The van der Waals surface area contributed by atoms with Gasteiger partial charge in [-0.15, -0.1) is 12.4 Å². The van der Waals surface area contributed by atoms with Gasteiger partial charge < -0.3 is 11.1 Å². The van der Waals surface area contributed by atoms with Gasteiger partial charge >= 0.3 is 0 Å². The number of nitrogens with one attached hydrogen (secondary N) is 1. The second-order valence-corrected chi connectivity index (χ2v) is 2.95. The Balaban J connectivity index is 0.000000720. The highest BCUT2D eigenvalue weighted by atomic mass is 35.5. The molecule has 3 heteroatoms. The lowest BCUT2D eigenvalue weighted by Crippen LogP contribution is -2.23. The maximum Gasteiger partial charge on any atom is 0.0317 e. The highest BCUT2D eigenvalue weighted by Gasteiger charge is 2.06. The van der Waals surface area contributed by atoms with Crippen LogP contribution in [0.1, 0.15) is 11.1 Å². The highest BCUT2D eigenvalue weighted by Crippen LogP contribution is 2.16. The molecule has 1 aromatic rings. The zero-order valence-corrected chi connectivity index (χ0v) is 7.66. The van der Waals surface area contributed by atoms with Gasteiger partial charge in [-0.2, -0.15) is 0 Å². The van der Waals surface area contributed by atoms with Gasteiger partial charge in [0, 0.05) is 12.2 Å². The summed E-state index contributed by atoms with van der Waals surface area (Å²) in [6.07, 6.45) is 1.13. The van der Waals surface area contributed by atoms with Crippen molar-refractivity contribution >= 4 is 18.1 Å². The van der Waals surface area contributed by atoms with Crippen LogP contribution in [0, 0.1) is 0 Å². The lowest BCUT2D eigenvalue weighted by atomic mass is 10.0. The van der Waals surface area contributed by atoms with Gasteiger partial charge in [0.1, 0.15) is 0 Å². The molecule has 0 radical (unpaired) electrons. The van der Waals surface area contributed by atoms with Crippen LogP contribution < -0.4 is 11.1 Å². The minimum atomic E-state index is 0. The van der Waals surface area contributed by atoms with Crippen LogP contribution in [-0.4, -0.2) is 6.54 Å². The van der Waals surface area contributed by atoms with E-state index in [0.29, 0.717) is 0 Å². The summed E-state index contributed by atoms with van der Waals surface area (Å²) in [5.41, 5.74) is 9.32. The Kier molecular flexibility index (Phi) is 2.95. The van der Waals surface area contributed by atoms with Gasteiger partial charge in [0.2, 0.25) is 0 Å². The molecule has 0 spiro atoms. The quantitative estimate of drug-likeness (QED) is 0.598. The van der Waals surface area contributed by atoms with Crippen LogP contribution in [0.4, 0.5) is 5.69 Å². The van der Waals surface area contributed by atoms with E-state index in [-0.39, 0.29) is 12.4 Å². The summed E-state index contributed by atoms with van der Waals surface area (Å²) < 4.78 is 0. The monoisotopic (exact) mass is 184 g/mol. The summed E-state index contributed by atoms with van der Waals surface area (Å²) in [6.45, 7) is 2.07. The van der Waals surface area contributed by atoms with Gasteiger partial charge in [-0.05, 0) is 36.2 Å². The van der Waals surface area contributed by atoms with Crippen molar-refractivity contribution in [3.8, 4) is 0 Å². The van der Waals surface area contributed by atoms with Crippen LogP contribution in [0.3, 0.4) is 0 Å². The molecule has 1 heterocycles. The molecule has 0 atom stereocenters. The molecule has 66 valence electrons. The zero-order valence-electron chi connectivity index (χ0n) is 6.84. The van der Waals surface area contributed by atoms with Crippen LogP contribution in [0.15, 0.2) is 18.2 Å². The SMILES string of the molecule is Cl.Nc1ccc2c(c1)CNCC2. The number of hydrogen-bond acceptors (Lipinski definition) is 2. The van der Waals surface area contributed by atoms with Gasteiger partial charge in [0.15, 0.2) is 0 Å². The first kappa shape index (κ1) is 9.36. The zero-order chi connectivity index (χ0) is 7.68. The van der Waals surface area contributed by atoms with Crippen LogP contribution in [0.5, 0.6) is 0 Å². The fourth-order valence-corrected chi connectivity index (χ4v) is 1.50. The average molecular weight is 185 g/mol. The third kappa shape index (κ3) is 1.71. The first-order valence-corrected chi connectivity index (χ1v) is 3.94. The van der Waals surface area contributed by atoms with Gasteiger partial charge in [0.05, 0.1) is 0 Å². The summed E-state index contributed by atoms with van der Waals surface area (Å²) >= 11 is 0. The maximum absolute atomic E-state index is 5.65. The van der Waals surface area contributed by atoms with Crippen molar-refractivity contribution in [2.75, 3.05) is 12.3 Å². The Morgan fingerprint density at radius 2 is 2.08 bits per heavy atom. The number of anilines is 1. The van der Waals surface area contributed by atoms with Crippen molar-refractivity contribution in [1.29, 1.82) is 0 Å². The summed E-state index contributed by atoms with van der Waals surface area (Å²) in [7, 11) is 0. The van der Waals surface area contributed by atoms with E-state index in [1.807, 2.05) is 6.07 Å². The van der Waals surface area contributed by atoms with Crippen LogP contribution >= 0.6 is 12.4 Å². The number of fused-ring (bicyclic) bond motifs is 1. The van der Waals surface area contributed by atoms with Crippen LogP contribution in [-0.2, 0) is 13.0 Å². The molecule has 0 fully saturated rings. The topological polar surface area (TPSA) is 38.0 Å². The van der Waals surface area contributed by atoms with Crippen LogP contribution in [0.2, 0.25) is 0 Å². The molecule has 1 aromatic carbocycles.